The number of aromatic nitrogens is 2. The highest BCUT2D eigenvalue weighted by Gasteiger charge is 2.38. The summed E-state index contributed by atoms with van der Waals surface area (Å²) in [6.45, 7) is 1.12. The highest BCUT2D eigenvalue weighted by atomic mass is 16.2. The molecule has 0 bridgehead atoms. The van der Waals surface area contributed by atoms with Crippen LogP contribution in [-0.2, 0) is 16.0 Å². The first-order valence-electron chi connectivity index (χ1n) is 8.06. The van der Waals surface area contributed by atoms with E-state index in [2.05, 4.69) is 15.3 Å². The molecule has 1 aliphatic carbocycles. The molecule has 1 aromatic heterocycles. The summed E-state index contributed by atoms with van der Waals surface area (Å²) in [7, 11) is 0. The van der Waals surface area contributed by atoms with Gasteiger partial charge in [-0.05, 0) is 12.8 Å². The van der Waals surface area contributed by atoms with Crippen LogP contribution in [0.2, 0.25) is 0 Å². The average molecular weight is 302 g/mol. The third kappa shape index (κ3) is 3.43. The zero-order valence-corrected chi connectivity index (χ0v) is 12.7. The summed E-state index contributed by atoms with van der Waals surface area (Å²) in [5, 5.41) is 2.92. The number of amides is 2. The lowest BCUT2D eigenvalue weighted by Gasteiger charge is -2.23. The van der Waals surface area contributed by atoms with Crippen molar-refractivity contribution in [1.82, 2.24) is 20.2 Å². The molecule has 0 spiro atoms. The Morgan fingerprint density at radius 2 is 2.14 bits per heavy atom. The van der Waals surface area contributed by atoms with Crippen molar-refractivity contribution in [3.05, 3.63) is 24.3 Å². The summed E-state index contributed by atoms with van der Waals surface area (Å²) in [5.74, 6) is -0.0753. The minimum atomic E-state index is -0.199. The van der Waals surface area contributed by atoms with E-state index in [1.807, 2.05) is 4.90 Å². The van der Waals surface area contributed by atoms with Crippen LogP contribution in [0, 0.1) is 5.92 Å². The van der Waals surface area contributed by atoms with Gasteiger partial charge in [-0.3, -0.25) is 19.6 Å². The third-order valence-electron chi connectivity index (χ3n) is 4.59. The maximum absolute atomic E-state index is 12.2. The van der Waals surface area contributed by atoms with Gasteiger partial charge in [0.05, 0.1) is 11.6 Å². The van der Waals surface area contributed by atoms with Crippen LogP contribution in [0.15, 0.2) is 18.6 Å². The van der Waals surface area contributed by atoms with Crippen molar-refractivity contribution in [1.29, 1.82) is 0 Å². The number of hydrogen-bond acceptors (Lipinski definition) is 4. The maximum atomic E-state index is 12.2. The van der Waals surface area contributed by atoms with Crippen LogP contribution in [0.5, 0.6) is 0 Å². The van der Waals surface area contributed by atoms with Crippen LogP contribution in [0.1, 0.15) is 37.8 Å². The highest BCUT2D eigenvalue weighted by molar-refractivity contribution is 5.89. The molecule has 3 rings (SSSR count). The van der Waals surface area contributed by atoms with Crippen LogP contribution < -0.4 is 5.32 Å². The third-order valence-corrected chi connectivity index (χ3v) is 4.59. The summed E-state index contributed by atoms with van der Waals surface area (Å²) in [4.78, 5) is 34.4. The Labute approximate surface area is 130 Å². The molecule has 2 fully saturated rings. The van der Waals surface area contributed by atoms with Crippen LogP contribution >= 0.6 is 0 Å². The zero-order valence-electron chi connectivity index (χ0n) is 12.7. The van der Waals surface area contributed by atoms with Crippen LogP contribution in [0.25, 0.3) is 0 Å². The van der Waals surface area contributed by atoms with Gasteiger partial charge in [0, 0.05) is 50.6 Å². The molecule has 1 saturated heterocycles. The quantitative estimate of drug-likeness (QED) is 0.878. The number of nitrogens with one attached hydrogen (secondary N) is 1. The van der Waals surface area contributed by atoms with E-state index in [-0.39, 0.29) is 17.7 Å². The van der Waals surface area contributed by atoms with Gasteiger partial charge >= 0.3 is 0 Å². The van der Waals surface area contributed by atoms with Gasteiger partial charge in [0.1, 0.15) is 0 Å². The van der Waals surface area contributed by atoms with Gasteiger partial charge in [0.15, 0.2) is 0 Å². The van der Waals surface area contributed by atoms with Gasteiger partial charge in [-0.1, -0.05) is 12.8 Å². The number of carbonyl (C=O) groups is 2. The molecular formula is C16H22N4O2. The summed E-state index contributed by atoms with van der Waals surface area (Å²) in [6.07, 6.45) is 10.6. The van der Waals surface area contributed by atoms with Crippen LogP contribution in [0.4, 0.5) is 0 Å². The van der Waals surface area contributed by atoms with E-state index in [0.717, 1.165) is 18.5 Å². The van der Waals surface area contributed by atoms with Crippen molar-refractivity contribution in [3.63, 3.8) is 0 Å². The second kappa shape index (κ2) is 6.85. The predicted octanol–water partition coefficient (Wildman–Crippen LogP) is 0.926. The number of hydrogen-bond donors (Lipinski definition) is 1. The van der Waals surface area contributed by atoms with Gasteiger partial charge in [-0.2, -0.15) is 0 Å². The second-order valence-corrected chi connectivity index (χ2v) is 6.12. The van der Waals surface area contributed by atoms with Gasteiger partial charge in [-0.25, -0.2) is 0 Å². The molecule has 0 unspecified atom stereocenters. The Bertz CT molecular complexity index is 528. The molecule has 6 nitrogen and oxygen atoms in total. The van der Waals surface area contributed by atoms with Crippen molar-refractivity contribution in [2.75, 3.05) is 13.1 Å². The predicted molar refractivity (Wildman–Crippen MR) is 80.8 cm³/mol. The average Bonchev–Trinajstić information content (AvgIpc) is 3.17. The molecular weight excluding hydrogens is 280 g/mol. The standard InChI is InChI=1S/C16H22N4O2/c21-15-9-12(11-20(15)14-3-1-2-4-14)16(22)19-6-5-13-10-17-7-8-18-13/h7-8,10,12,14H,1-6,9,11H2,(H,19,22)/t12-/m0/s1. The summed E-state index contributed by atoms with van der Waals surface area (Å²) in [5.41, 5.74) is 0.859. The molecule has 118 valence electrons. The number of likely N-dealkylation sites (tertiary alicyclic amines) is 1. The van der Waals surface area contributed by atoms with E-state index in [9.17, 15) is 9.59 Å². The first-order chi connectivity index (χ1) is 10.7. The van der Waals surface area contributed by atoms with Crippen molar-refractivity contribution >= 4 is 11.8 Å². The van der Waals surface area contributed by atoms with E-state index in [4.69, 9.17) is 0 Å². The Morgan fingerprint density at radius 3 is 2.86 bits per heavy atom. The highest BCUT2D eigenvalue weighted by Crippen LogP contribution is 2.29. The van der Waals surface area contributed by atoms with Gasteiger partial charge < -0.3 is 10.2 Å². The Kier molecular flexibility index (Phi) is 4.65. The van der Waals surface area contributed by atoms with Crippen molar-refractivity contribution in [2.45, 2.75) is 44.6 Å². The van der Waals surface area contributed by atoms with Gasteiger partial charge in [0.25, 0.3) is 0 Å². The van der Waals surface area contributed by atoms with Crippen molar-refractivity contribution < 1.29 is 9.59 Å². The molecule has 2 amide bonds. The second-order valence-electron chi connectivity index (χ2n) is 6.12. The lowest BCUT2D eigenvalue weighted by molar-refractivity contribution is -0.130. The van der Waals surface area contributed by atoms with Gasteiger partial charge in [0.2, 0.25) is 11.8 Å². The number of rotatable bonds is 5. The molecule has 6 heteroatoms. The van der Waals surface area contributed by atoms with Crippen molar-refractivity contribution in [2.24, 2.45) is 5.92 Å². The zero-order chi connectivity index (χ0) is 15.4. The van der Waals surface area contributed by atoms with E-state index in [0.29, 0.717) is 32.0 Å². The van der Waals surface area contributed by atoms with Crippen molar-refractivity contribution in [3.8, 4) is 0 Å². The molecule has 1 saturated carbocycles. The lowest BCUT2D eigenvalue weighted by Crippen LogP contribution is -2.37. The largest absolute Gasteiger partial charge is 0.355 e. The normalized spacial score (nSPS) is 22.3. The van der Waals surface area contributed by atoms with E-state index in [1.54, 1.807) is 18.6 Å². The van der Waals surface area contributed by atoms with Crippen LogP contribution in [-0.4, -0.2) is 45.8 Å². The summed E-state index contributed by atoms with van der Waals surface area (Å²) in [6, 6.07) is 0.366. The monoisotopic (exact) mass is 302 g/mol. The summed E-state index contributed by atoms with van der Waals surface area (Å²) < 4.78 is 0. The minimum Gasteiger partial charge on any atom is -0.355 e. The fourth-order valence-corrected chi connectivity index (χ4v) is 3.39. The molecule has 2 aliphatic rings. The lowest BCUT2D eigenvalue weighted by atomic mass is 10.1. The fourth-order valence-electron chi connectivity index (χ4n) is 3.39. The summed E-state index contributed by atoms with van der Waals surface area (Å²) >= 11 is 0. The molecule has 1 aliphatic heterocycles. The van der Waals surface area contributed by atoms with E-state index < -0.39 is 0 Å². The van der Waals surface area contributed by atoms with Crippen LogP contribution in [0.3, 0.4) is 0 Å². The molecule has 2 heterocycles. The molecule has 1 aromatic rings. The minimum absolute atomic E-state index is 0.0160. The molecule has 1 N–H and O–H groups in total. The Morgan fingerprint density at radius 1 is 1.32 bits per heavy atom. The van der Waals surface area contributed by atoms with E-state index in [1.165, 1.54) is 12.8 Å². The topological polar surface area (TPSA) is 75.2 Å². The number of nitrogens with zero attached hydrogens (tertiary/aromatic N) is 3. The first-order valence-corrected chi connectivity index (χ1v) is 8.06. The molecule has 0 aromatic carbocycles. The fraction of sp³-hybridized carbons (Fsp3) is 0.625. The Hall–Kier alpha value is -1.98. The van der Waals surface area contributed by atoms with E-state index >= 15 is 0 Å². The molecule has 0 radical (unpaired) electrons. The maximum Gasteiger partial charge on any atom is 0.225 e. The van der Waals surface area contributed by atoms with Gasteiger partial charge in [-0.15, -0.1) is 0 Å². The molecule has 22 heavy (non-hydrogen) atoms. The number of carbonyl (C=O) groups excluding carboxylic acids is 2. The smallest absolute Gasteiger partial charge is 0.225 e. The Balaban J connectivity index is 1.45. The SMILES string of the molecule is O=C(NCCc1cnccn1)[C@H]1CC(=O)N(C2CCCC2)C1. The molecule has 1 atom stereocenters. The first kappa shape index (κ1) is 14.9.